The summed E-state index contributed by atoms with van der Waals surface area (Å²) in [6.45, 7) is 0. The van der Waals surface area contributed by atoms with Crippen LogP contribution in [0.3, 0.4) is 0 Å². The topological polar surface area (TPSA) is 92.4 Å². The molecule has 25 heavy (non-hydrogen) atoms. The van der Waals surface area contributed by atoms with Gasteiger partial charge in [-0.25, -0.2) is 0 Å². The first kappa shape index (κ1) is 17.2. The number of hydrogen-bond donors (Lipinski definition) is 3. The van der Waals surface area contributed by atoms with Crippen LogP contribution < -0.4 is 11.1 Å². The Balaban J connectivity index is 2.39. The van der Waals surface area contributed by atoms with Crippen molar-refractivity contribution in [1.82, 2.24) is 0 Å². The van der Waals surface area contributed by atoms with Gasteiger partial charge in [-0.05, 0) is 18.2 Å². The number of primary amides is 1. The zero-order valence-corrected chi connectivity index (χ0v) is 13.1. The summed E-state index contributed by atoms with van der Waals surface area (Å²) in [5.74, 6) is -2.21. The minimum Gasteiger partial charge on any atom is -0.372 e. The van der Waals surface area contributed by atoms with E-state index in [0.29, 0.717) is 6.07 Å². The van der Waals surface area contributed by atoms with E-state index >= 15 is 0 Å². The molecule has 0 fully saturated rings. The number of nitrogens with one attached hydrogen (secondary N) is 1. The van der Waals surface area contributed by atoms with E-state index in [2.05, 4.69) is 5.32 Å². The number of rotatable bonds is 2. The summed E-state index contributed by atoms with van der Waals surface area (Å²) < 4.78 is 40.6. The van der Waals surface area contributed by atoms with Crippen molar-refractivity contribution in [1.29, 1.82) is 0 Å². The first-order chi connectivity index (χ1) is 11.6. The van der Waals surface area contributed by atoms with Crippen LogP contribution in [-0.2, 0) is 16.6 Å². The lowest BCUT2D eigenvalue weighted by molar-refractivity contribution is -0.141. The Morgan fingerprint density at radius 3 is 2.44 bits per heavy atom. The highest BCUT2D eigenvalue weighted by atomic mass is 35.5. The molecular formula is C16H10ClF3N2O3. The summed E-state index contributed by atoms with van der Waals surface area (Å²) in [6, 6.07) is 7.01. The number of hydrogen-bond acceptors (Lipinski definition) is 3. The zero-order chi connectivity index (χ0) is 18.6. The highest BCUT2D eigenvalue weighted by Gasteiger charge is 2.53. The van der Waals surface area contributed by atoms with Gasteiger partial charge in [-0.1, -0.05) is 29.8 Å². The Morgan fingerprint density at radius 1 is 1.24 bits per heavy atom. The standard InChI is InChI=1S/C16H10ClF3N2O3/c17-10-4-2-1-3-8(10)15(25)12-9(16(18,19)20)5-7(13(21)23)6-11(12)22-14(15)24/h1-6,25H,(H2,21,23)(H,22,24). The summed E-state index contributed by atoms with van der Waals surface area (Å²) in [5, 5.41) is 13.0. The van der Waals surface area contributed by atoms with E-state index in [-0.39, 0.29) is 16.3 Å². The van der Waals surface area contributed by atoms with Crippen molar-refractivity contribution in [2.45, 2.75) is 11.8 Å². The Bertz CT molecular complexity index is 914. The Hall–Kier alpha value is -2.58. The molecule has 5 nitrogen and oxygen atoms in total. The van der Waals surface area contributed by atoms with Crippen molar-refractivity contribution < 1.29 is 27.9 Å². The monoisotopic (exact) mass is 370 g/mol. The Kier molecular flexibility index (Phi) is 3.77. The molecule has 2 amide bonds. The quantitative estimate of drug-likeness (QED) is 0.758. The van der Waals surface area contributed by atoms with E-state index in [1.54, 1.807) is 0 Å². The van der Waals surface area contributed by atoms with Crippen LogP contribution in [0.2, 0.25) is 5.02 Å². The third-order valence-electron chi connectivity index (χ3n) is 3.93. The van der Waals surface area contributed by atoms with Crippen LogP contribution in [0.25, 0.3) is 0 Å². The van der Waals surface area contributed by atoms with Gasteiger partial charge in [-0.2, -0.15) is 13.2 Å². The molecule has 2 aromatic rings. The molecule has 0 spiro atoms. The van der Waals surface area contributed by atoms with Crippen molar-refractivity contribution >= 4 is 29.1 Å². The minimum absolute atomic E-state index is 0.0832. The molecule has 0 saturated heterocycles. The number of halogens is 4. The molecule has 0 aromatic heterocycles. The minimum atomic E-state index is -4.95. The molecule has 1 heterocycles. The van der Waals surface area contributed by atoms with Crippen LogP contribution in [0.5, 0.6) is 0 Å². The van der Waals surface area contributed by atoms with Crippen LogP contribution in [0.1, 0.15) is 27.0 Å². The number of amides is 2. The summed E-state index contributed by atoms with van der Waals surface area (Å²) in [5.41, 5.74) is -0.674. The van der Waals surface area contributed by atoms with Gasteiger partial charge in [0.15, 0.2) is 5.60 Å². The van der Waals surface area contributed by atoms with E-state index in [0.717, 1.165) is 6.07 Å². The molecule has 1 aliphatic heterocycles. The Morgan fingerprint density at radius 2 is 1.88 bits per heavy atom. The number of nitrogens with two attached hydrogens (primary N) is 1. The third kappa shape index (κ3) is 2.54. The van der Waals surface area contributed by atoms with Crippen LogP contribution in [0, 0.1) is 0 Å². The summed E-state index contributed by atoms with van der Waals surface area (Å²) in [4.78, 5) is 23.7. The summed E-state index contributed by atoms with van der Waals surface area (Å²) in [6.07, 6.45) is -4.95. The van der Waals surface area contributed by atoms with Crippen molar-refractivity contribution in [3.8, 4) is 0 Å². The lowest BCUT2D eigenvalue weighted by Crippen LogP contribution is -2.37. The zero-order valence-electron chi connectivity index (χ0n) is 12.3. The molecule has 0 aliphatic carbocycles. The fourth-order valence-electron chi connectivity index (χ4n) is 2.83. The maximum atomic E-state index is 13.5. The van der Waals surface area contributed by atoms with Gasteiger partial charge in [0.25, 0.3) is 5.91 Å². The van der Waals surface area contributed by atoms with Gasteiger partial charge in [0.2, 0.25) is 5.91 Å². The second-order valence-electron chi connectivity index (χ2n) is 5.45. The predicted molar refractivity (Wildman–Crippen MR) is 83.0 cm³/mol. The number of aliphatic hydroxyl groups is 1. The van der Waals surface area contributed by atoms with E-state index in [9.17, 15) is 27.9 Å². The maximum absolute atomic E-state index is 13.5. The lowest BCUT2D eigenvalue weighted by atomic mass is 9.83. The van der Waals surface area contributed by atoms with Gasteiger partial charge in [0.05, 0.1) is 5.56 Å². The molecule has 0 saturated carbocycles. The largest absolute Gasteiger partial charge is 0.416 e. The van der Waals surface area contributed by atoms with Crippen LogP contribution >= 0.6 is 11.6 Å². The van der Waals surface area contributed by atoms with Gasteiger partial charge >= 0.3 is 6.18 Å². The van der Waals surface area contributed by atoms with E-state index in [1.807, 2.05) is 0 Å². The average molecular weight is 371 g/mol. The molecule has 0 radical (unpaired) electrons. The highest BCUT2D eigenvalue weighted by molar-refractivity contribution is 6.32. The fourth-order valence-corrected chi connectivity index (χ4v) is 3.11. The molecule has 4 N–H and O–H groups in total. The first-order valence-corrected chi connectivity index (χ1v) is 7.29. The van der Waals surface area contributed by atoms with Crippen molar-refractivity contribution in [3.05, 3.63) is 63.7 Å². The number of fused-ring (bicyclic) bond motifs is 1. The molecule has 2 aromatic carbocycles. The smallest absolute Gasteiger partial charge is 0.372 e. The van der Waals surface area contributed by atoms with Gasteiger partial charge in [-0.3, -0.25) is 9.59 Å². The first-order valence-electron chi connectivity index (χ1n) is 6.91. The predicted octanol–water partition coefficient (Wildman–Crippen LogP) is 2.65. The molecule has 1 unspecified atom stereocenters. The normalized spacial score (nSPS) is 19.5. The average Bonchev–Trinajstić information content (AvgIpc) is 2.78. The molecular weight excluding hydrogens is 361 g/mol. The number of anilines is 1. The van der Waals surface area contributed by atoms with Crippen LogP contribution in [0.4, 0.5) is 18.9 Å². The van der Waals surface area contributed by atoms with Gasteiger partial charge < -0.3 is 16.2 Å². The van der Waals surface area contributed by atoms with Crippen LogP contribution in [0.15, 0.2) is 36.4 Å². The molecule has 9 heteroatoms. The highest BCUT2D eigenvalue weighted by Crippen LogP contribution is 2.49. The molecule has 3 rings (SSSR count). The maximum Gasteiger partial charge on any atom is 0.416 e. The van der Waals surface area contributed by atoms with Gasteiger partial charge in [0.1, 0.15) is 0 Å². The molecule has 130 valence electrons. The van der Waals surface area contributed by atoms with Gasteiger partial charge in [-0.15, -0.1) is 0 Å². The second kappa shape index (κ2) is 5.47. The third-order valence-corrected chi connectivity index (χ3v) is 4.26. The number of benzene rings is 2. The molecule has 0 bridgehead atoms. The lowest BCUT2D eigenvalue weighted by Gasteiger charge is -2.25. The van der Waals surface area contributed by atoms with Crippen LogP contribution in [-0.4, -0.2) is 16.9 Å². The number of alkyl halides is 3. The summed E-state index contributed by atoms with van der Waals surface area (Å²) in [7, 11) is 0. The Labute approximate surface area is 144 Å². The van der Waals surface area contributed by atoms with E-state index < -0.39 is 40.3 Å². The van der Waals surface area contributed by atoms with Crippen molar-refractivity contribution in [2.24, 2.45) is 5.73 Å². The van der Waals surface area contributed by atoms with E-state index in [1.165, 1.54) is 24.3 Å². The summed E-state index contributed by atoms with van der Waals surface area (Å²) >= 11 is 5.98. The number of carbonyl (C=O) groups excluding carboxylic acids is 2. The molecule has 1 atom stereocenters. The van der Waals surface area contributed by atoms with Gasteiger partial charge in [0, 0.05) is 27.4 Å². The SMILES string of the molecule is NC(=O)c1cc2c(c(C(F)(F)F)c1)C(O)(c1ccccc1Cl)C(=O)N2. The fraction of sp³-hybridized carbons (Fsp3) is 0.125. The van der Waals surface area contributed by atoms with E-state index in [4.69, 9.17) is 17.3 Å². The van der Waals surface area contributed by atoms with Crippen molar-refractivity contribution in [2.75, 3.05) is 5.32 Å². The number of carbonyl (C=O) groups is 2. The molecule has 1 aliphatic rings. The second-order valence-corrected chi connectivity index (χ2v) is 5.86. The van der Waals surface area contributed by atoms with Crippen molar-refractivity contribution in [3.63, 3.8) is 0 Å².